The van der Waals surface area contributed by atoms with E-state index in [2.05, 4.69) is 27.7 Å². The molecule has 0 N–H and O–H groups in total. The Labute approximate surface area is 90.1 Å². The molecule has 2 rings (SSSR count). The van der Waals surface area contributed by atoms with E-state index in [0.717, 1.165) is 5.03 Å². The van der Waals surface area contributed by atoms with E-state index in [1.165, 1.54) is 22.3 Å². The Balaban J connectivity index is 2.57. The normalized spacial score (nSPS) is 29.6. The van der Waals surface area contributed by atoms with Crippen LogP contribution in [-0.2, 0) is 4.74 Å². The van der Waals surface area contributed by atoms with Gasteiger partial charge in [0.15, 0.2) is 0 Å². The fourth-order valence-electron chi connectivity index (χ4n) is 2.02. The van der Waals surface area contributed by atoms with Gasteiger partial charge in [0.25, 0.3) is 0 Å². The SMILES string of the molecule is CC(C)=C1C(Cl)=C[C@H]2O[C@@H]2C1=C(C)C. The summed E-state index contributed by atoms with van der Waals surface area (Å²) in [6.07, 6.45) is 2.52. The molecule has 1 saturated heterocycles. The van der Waals surface area contributed by atoms with Crippen LogP contribution in [0.15, 0.2) is 33.4 Å². The van der Waals surface area contributed by atoms with E-state index in [1.54, 1.807) is 0 Å². The molecule has 0 amide bonds. The predicted molar refractivity (Wildman–Crippen MR) is 59.3 cm³/mol. The van der Waals surface area contributed by atoms with E-state index in [4.69, 9.17) is 16.3 Å². The first-order valence-electron chi connectivity index (χ1n) is 4.90. The summed E-state index contributed by atoms with van der Waals surface area (Å²) in [5, 5.41) is 0.847. The molecule has 0 aromatic carbocycles. The molecule has 1 heterocycles. The Morgan fingerprint density at radius 3 is 2.36 bits per heavy atom. The molecule has 1 aliphatic heterocycles. The molecule has 0 aromatic heterocycles. The van der Waals surface area contributed by atoms with E-state index < -0.39 is 0 Å². The van der Waals surface area contributed by atoms with Crippen molar-refractivity contribution in [3.05, 3.63) is 33.4 Å². The van der Waals surface area contributed by atoms with Gasteiger partial charge in [0.1, 0.15) is 12.2 Å². The lowest BCUT2D eigenvalue weighted by Crippen LogP contribution is -2.09. The van der Waals surface area contributed by atoms with Gasteiger partial charge in [0, 0.05) is 5.03 Å². The van der Waals surface area contributed by atoms with Crippen molar-refractivity contribution in [2.75, 3.05) is 0 Å². The second-order valence-electron chi connectivity index (χ2n) is 4.32. The molecular formula is C12H15ClO. The maximum absolute atomic E-state index is 6.23. The van der Waals surface area contributed by atoms with E-state index in [-0.39, 0.29) is 12.2 Å². The number of epoxide rings is 1. The minimum atomic E-state index is 0.232. The third kappa shape index (κ3) is 1.45. The van der Waals surface area contributed by atoms with E-state index in [0.29, 0.717) is 0 Å². The van der Waals surface area contributed by atoms with Crippen molar-refractivity contribution < 1.29 is 4.74 Å². The van der Waals surface area contributed by atoms with E-state index in [1.807, 2.05) is 6.08 Å². The topological polar surface area (TPSA) is 12.5 Å². The molecule has 2 aliphatic rings. The molecule has 0 bridgehead atoms. The van der Waals surface area contributed by atoms with Crippen LogP contribution in [0.1, 0.15) is 27.7 Å². The molecule has 0 aromatic rings. The van der Waals surface area contributed by atoms with Crippen molar-refractivity contribution in [1.82, 2.24) is 0 Å². The highest BCUT2D eigenvalue weighted by atomic mass is 35.5. The lowest BCUT2D eigenvalue weighted by Gasteiger charge is -2.17. The summed E-state index contributed by atoms with van der Waals surface area (Å²) in [6, 6.07) is 0. The van der Waals surface area contributed by atoms with Gasteiger partial charge in [-0.1, -0.05) is 22.7 Å². The predicted octanol–water partition coefficient (Wildman–Crippen LogP) is 3.56. The average Bonchev–Trinajstić information content (AvgIpc) is 2.78. The van der Waals surface area contributed by atoms with Gasteiger partial charge in [-0.2, -0.15) is 0 Å². The molecule has 1 nitrogen and oxygen atoms in total. The number of ether oxygens (including phenoxy) is 1. The first-order chi connectivity index (χ1) is 6.52. The second kappa shape index (κ2) is 3.25. The Morgan fingerprint density at radius 2 is 1.86 bits per heavy atom. The van der Waals surface area contributed by atoms with Crippen LogP contribution in [0.3, 0.4) is 0 Å². The van der Waals surface area contributed by atoms with Crippen molar-refractivity contribution in [2.24, 2.45) is 0 Å². The van der Waals surface area contributed by atoms with Gasteiger partial charge in [0.2, 0.25) is 0 Å². The Hall–Kier alpha value is -0.530. The molecule has 2 heteroatoms. The highest BCUT2D eigenvalue weighted by molar-refractivity contribution is 6.32. The first-order valence-corrected chi connectivity index (χ1v) is 5.28. The summed E-state index contributed by atoms with van der Waals surface area (Å²) in [5.74, 6) is 0. The monoisotopic (exact) mass is 210 g/mol. The zero-order chi connectivity index (χ0) is 10.5. The molecule has 1 aliphatic carbocycles. The second-order valence-corrected chi connectivity index (χ2v) is 4.73. The Bertz CT molecular complexity index is 366. The van der Waals surface area contributed by atoms with Gasteiger partial charge in [-0.15, -0.1) is 0 Å². The molecule has 1 fully saturated rings. The molecular weight excluding hydrogens is 196 g/mol. The summed E-state index contributed by atoms with van der Waals surface area (Å²) < 4.78 is 5.55. The summed E-state index contributed by atoms with van der Waals surface area (Å²) in [6.45, 7) is 8.42. The molecule has 2 atom stereocenters. The van der Waals surface area contributed by atoms with Crippen LogP contribution < -0.4 is 0 Å². The molecule has 0 spiro atoms. The maximum Gasteiger partial charge on any atom is 0.114 e. The minimum Gasteiger partial charge on any atom is -0.360 e. The largest absolute Gasteiger partial charge is 0.360 e. The quantitative estimate of drug-likeness (QED) is 0.557. The van der Waals surface area contributed by atoms with Crippen molar-refractivity contribution >= 4 is 11.6 Å². The van der Waals surface area contributed by atoms with Crippen LogP contribution in [-0.4, -0.2) is 12.2 Å². The average molecular weight is 211 g/mol. The highest BCUT2D eigenvalue weighted by Crippen LogP contribution is 2.45. The summed E-state index contributed by atoms with van der Waals surface area (Å²) in [5.41, 5.74) is 5.05. The van der Waals surface area contributed by atoms with Gasteiger partial charge in [0.05, 0.1) is 0 Å². The Kier molecular flexibility index (Phi) is 2.32. The zero-order valence-corrected chi connectivity index (χ0v) is 9.77. The standard InChI is InChI=1S/C12H15ClO/c1-6(2)10-8(13)5-9-12(14-9)11(10)7(3)4/h5,9,12H,1-4H3/t9-,12+/m1/s1. The zero-order valence-electron chi connectivity index (χ0n) is 9.02. The number of hydrogen-bond donors (Lipinski definition) is 0. The number of fused-ring (bicyclic) bond motifs is 1. The minimum absolute atomic E-state index is 0.232. The maximum atomic E-state index is 6.23. The Morgan fingerprint density at radius 1 is 1.21 bits per heavy atom. The number of hydrogen-bond acceptors (Lipinski definition) is 1. The van der Waals surface area contributed by atoms with Gasteiger partial charge >= 0.3 is 0 Å². The highest BCUT2D eigenvalue weighted by Gasteiger charge is 2.45. The van der Waals surface area contributed by atoms with Crippen LogP contribution in [0, 0.1) is 0 Å². The van der Waals surface area contributed by atoms with Crippen LogP contribution in [0.5, 0.6) is 0 Å². The molecule has 76 valence electrons. The fraction of sp³-hybridized carbons (Fsp3) is 0.500. The number of allylic oxidation sites excluding steroid dienone is 3. The fourth-order valence-corrected chi connectivity index (χ4v) is 2.44. The summed E-state index contributed by atoms with van der Waals surface area (Å²) >= 11 is 6.23. The number of rotatable bonds is 0. The van der Waals surface area contributed by atoms with Crippen molar-refractivity contribution in [3.63, 3.8) is 0 Å². The van der Waals surface area contributed by atoms with Crippen molar-refractivity contribution in [3.8, 4) is 0 Å². The third-order valence-corrected chi connectivity index (χ3v) is 2.98. The van der Waals surface area contributed by atoms with Crippen LogP contribution in [0.4, 0.5) is 0 Å². The van der Waals surface area contributed by atoms with Gasteiger partial charge in [-0.05, 0) is 44.9 Å². The smallest absolute Gasteiger partial charge is 0.114 e. The molecule has 0 saturated carbocycles. The van der Waals surface area contributed by atoms with Gasteiger partial charge in [-0.3, -0.25) is 0 Å². The van der Waals surface area contributed by atoms with Crippen molar-refractivity contribution in [1.29, 1.82) is 0 Å². The lowest BCUT2D eigenvalue weighted by molar-refractivity contribution is 0.410. The first kappa shape index (κ1) is 10.0. The third-order valence-electron chi connectivity index (χ3n) is 2.67. The van der Waals surface area contributed by atoms with Crippen LogP contribution in [0.2, 0.25) is 0 Å². The summed E-state index contributed by atoms with van der Waals surface area (Å²) in [4.78, 5) is 0. The number of halogens is 1. The summed E-state index contributed by atoms with van der Waals surface area (Å²) in [7, 11) is 0. The van der Waals surface area contributed by atoms with Crippen LogP contribution >= 0.6 is 11.6 Å². The van der Waals surface area contributed by atoms with Crippen LogP contribution in [0.25, 0.3) is 0 Å². The van der Waals surface area contributed by atoms with Crippen molar-refractivity contribution in [2.45, 2.75) is 39.9 Å². The molecule has 0 unspecified atom stereocenters. The van der Waals surface area contributed by atoms with Gasteiger partial charge in [-0.25, -0.2) is 0 Å². The van der Waals surface area contributed by atoms with Gasteiger partial charge < -0.3 is 4.74 Å². The molecule has 14 heavy (non-hydrogen) atoms. The van der Waals surface area contributed by atoms with E-state index in [9.17, 15) is 0 Å². The van der Waals surface area contributed by atoms with E-state index >= 15 is 0 Å². The molecule has 0 radical (unpaired) electrons. The lowest BCUT2D eigenvalue weighted by atomic mass is 9.89.